The van der Waals surface area contributed by atoms with Crippen molar-refractivity contribution in [1.29, 1.82) is 0 Å². The van der Waals surface area contributed by atoms with Crippen molar-refractivity contribution in [3.8, 4) is 0 Å². The van der Waals surface area contributed by atoms with Gasteiger partial charge in [0.05, 0.1) is 10.3 Å². The number of sulfonamides is 1. The number of rotatable bonds is 6. The molecule has 0 amide bonds. The molecule has 0 spiro atoms. The predicted octanol–water partition coefficient (Wildman–Crippen LogP) is 3.62. The van der Waals surface area contributed by atoms with E-state index in [4.69, 9.17) is 0 Å². The number of aryl methyl sites for hydroxylation is 3. The number of ketones is 1. The van der Waals surface area contributed by atoms with Crippen molar-refractivity contribution in [3.63, 3.8) is 0 Å². The monoisotopic (exact) mass is 392 g/mol. The third-order valence-electron chi connectivity index (χ3n) is 4.26. The largest absolute Gasteiger partial charge is 0.293 e. The van der Waals surface area contributed by atoms with Crippen molar-refractivity contribution >= 4 is 27.6 Å². The highest BCUT2D eigenvalue weighted by molar-refractivity contribution is 8.00. The first-order chi connectivity index (χ1) is 12.0. The molecule has 0 aliphatic heterocycles. The van der Waals surface area contributed by atoms with Gasteiger partial charge in [-0.15, -0.1) is 0 Å². The van der Waals surface area contributed by atoms with Gasteiger partial charge < -0.3 is 0 Å². The molecular weight excluding hydrogens is 368 g/mol. The van der Waals surface area contributed by atoms with Gasteiger partial charge in [-0.2, -0.15) is 0 Å². The molecular formula is C19H24N2O3S2. The van der Waals surface area contributed by atoms with E-state index in [9.17, 15) is 13.2 Å². The molecule has 1 atom stereocenters. The number of thioether (sulfide) groups is 1. The van der Waals surface area contributed by atoms with E-state index in [1.807, 2.05) is 39.8 Å². The summed E-state index contributed by atoms with van der Waals surface area (Å²) in [4.78, 5) is 17.1. The third kappa shape index (κ3) is 4.34. The fourth-order valence-electron chi connectivity index (χ4n) is 2.48. The molecule has 0 aliphatic rings. The third-order valence-corrected chi connectivity index (χ3v) is 7.11. The number of pyridine rings is 1. The summed E-state index contributed by atoms with van der Waals surface area (Å²) in [5.74, 6) is 0.0439. The van der Waals surface area contributed by atoms with Crippen LogP contribution in [0.25, 0.3) is 0 Å². The molecule has 5 nitrogen and oxygen atoms in total. The predicted molar refractivity (Wildman–Crippen MR) is 105 cm³/mol. The summed E-state index contributed by atoms with van der Waals surface area (Å²) in [7, 11) is -0.548. The molecule has 0 saturated carbocycles. The Morgan fingerprint density at radius 2 is 1.69 bits per heavy atom. The van der Waals surface area contributed by atoms with E-state index >= 15 is 0 Å². The lowest BCUT2D eigenvalue weighted by Gasteiger charge is -2.14. The first-order valence-electron chi connectivity index (χ1n) is 8.21. The maximum Gasteiger partial charge on any atom is 0.244 e. The molecule has 0 N–H and O–H groups in total. The summed E-state index contributed by atoms with van der Waals surface area (Å²) in [6.07, 6.45) is 1.33. The van der Waals surface area contributed by atoms with Crippen LogP contribution < -0.4 is 0 Å². The Labute approximate surface area is 159 Å². The topological polar surface area (TPSA) is 67.3 Å². The highest BCUT2D eigenvalue weighted by Gasteiger charge is 2.21. The van der Waals surface area contributed by atoms with Crippen LogP contribution >= 0.6 is 11.8 Å². The second-order valence-electron chi connectivity index (χ2n) is 6.50. The van der Waals surface area contributed by atoms with Crippen molar-refractivity contribution in [3.05, 3.63) is 52.7 Å². The molecule has 2 rings (SSSR count). The molecule has 2 aromatic rings. The van der Waals surface area contributed by atoms with Crippen LogP contribution in [-0.2, 0) is 10.0 Å². The van der Waals surface area contributed by atoms with Crippen LogP contribution in [-0.4, -0.2) is 42.8 Å². The maximum absolute atomic E-state index is 12.8. The molecule has 1 heterocycles. The van der Waals surface area contributed by atoms with Gasteiger partial charge in [0.2, 0.25) is 10.0 Å². The second kappa shape index (κ2) is 7.90. The highest BCUT2D eigenvalue weighted by atomic mass is 32.2. The summed E-state index contributed by atoms with van der Waals surface area (Å²) in [6.45, 7) is 7.81. The van der Waals surface area contributed by atoms with Gasteiger partial charge in [0, 0.05) is 25.9 Å². The van der Waals surface area contributed by atoms with Gasteiger partial charge in [0.15, 0.2) is 5.78 Å². The van der Waals surface area contributed by atoms with Crippen molar-refractivity contribution in [2.45, 2.75) is 42.9 Å². The quantitative estimate of drug-likeness (QED) is 0.555. The molecule has 26 heavy (non-hydrogen) atoms. The van der Waals surface area contributed by atoms with Crippen LogP contribution in [0.5, 0.6) is 0 Å². The van der Waals surface area contributed by atoms with Crippen LogP contribution in [0.3, 0.4) is 0 Å². The Morgan fingerprint density at radius 3 is 2.23 bits per heavy atom. The van der Waals surface area contributed by atoms with Gasteiger partial charge in [-0.05, 0) is 62.6 Å². The molecule has 1 unspecified atom stereocenters. The van der Waals surface area contributed by atoms with Crippen LogP contribution in [0.2, 0.25) is 0 Å². The molecule has 0 aliphatic carbocycles. The van der Waals surface area contributed by atoms with E-state index in [2.05, 4.69) is 4.98 Å². The Kier molecular flexibility index (Phi) is 6.26. The second-order valence-corrected chi connectivity index (χ2v) is 10.0. The van der Waals surface area contributed by atoms with Gasteiger partial charge in [-0.1, -0.05) is 17.8 Å². The van der Waals surface area contributed by atoms with Crippen molar-refractivity contribution in [2.24, 2.45) is 0 Å². The van der Waals surface area contributed by atoms with Crippen LogP contribution in [0.15, 0.2) is 40.4 Å². The molecule has 0 fully saturated rings. The first kappa shape index (κ1) is 20.6. The van der Waals surface area contributed by atoms with Crippen LogP contribution in [0.1, 0.15) is 34.0 Å². The molecule has 1 aromatic carbocycles. The van der Waals surface area contributed by atoms with Gasteiger partial charge in [-0.3, -0.25) is 4.79 Å². The first-order valence-corrected chi connectivity index (χ1v) is 10.5. The van der Waals surface area contributed by atoms with Crippen LogP contribution in [0, 0.1) is 20.8 Å². The van der Waals surface area contributed by atoms with Crippen molar-refractivity contribution in [1.82, 2.24) is 9.29 Å². The van der Waals surface area contributed by atoms with E-state index in [1.165, 1.54) is 43.7 Å². The Bertz CT molecular complexity index is 921. The highest BCUT2D eigenvalue weighted by Crippen LogP contribution is 2.27. The summed E-state index contributed by atoms with van der Waals surface area (Å²) >= 11 is 1.32. The molecule has 140 valence electrons. The van der Waals surface area contributed by atoms with E-state index < -0.39 is 10.0 Å². The Balaban J connectivity index is 2.19. The normalized spacial score (nSPS) is 13.0. The van der Waals surface area contributed by atoms with Gasteiger partial charge in [0.1, 0.15) is 4.90 Å². The maximum atomic E-state index is 12.8. The lowest BCUT2D eigenvalue weighted by Crippen LogP contribution is -2.22. The minimum Gasteiger partial charge on any atom is -0.293 e. The SMILES string of the molecule is Cc1cc(C)c(C(=O)C(C)Sc2ccc(S(=O)(=O)N(C)C)cn2)cc1C. The fraction of sp³-hybridized carbons (Fsp3) is 0.368. The fourth-order valence-corrected chi connectivity index (χ4v) is 4.18. The number of benzene rings is 1. The Morgan fingerprint density at radius 1 is 1.08 bits per heavy atom. The summed E-state index contributed by atoms with van der Waals surface area (Å²) in [6, 6.07) is 7.12. The van der Waals surface area contributed by atoms with Gasteiger partial charge in [-0.25, -0.2) is 17.7 Å². The zero-order valence-electron chi connectivity index (χ0n) is 15.9. The minimum atomic E-state index is -3.50. The van der Waals surface area contributed by atoms with E-state index in [0.717, 1.165) is 21.0 Å². The van der Waals surface area contributed by atoms with E-state index in [-0.39, 0.29) is 15.9 Å². The molecule has 1 aromatic heterocycles. The standard InChI is InChI=1S/C19H24N2O3S2/c1-12-9-14(3)17(10-13(12)2)19(22)15(4)25-18-8-7-16(11-20-18)26(23,24)21(5)6/h7-11,15H,1-6H3. The zero-order valence-corrected chi connectivity index (χ0v) is 17.5. The molecule has 0 bridgehead atoms. The summed E-state index contributed by atoms with van der Waals surface area (Å²) in [5, 5.41) is 0.296. The number of Topliss-reactive ketones (excluding diaryl/α,β-unsaturated/α-hetero) is 1. The van der Waals surface area contributed by atoms with Crippen LogP contribution in [0.4, 0.5) is 0 Å². The average molecular weight is 393 g/mol. The smallest absolute Gasteiger partial charge is 0.244 e. The molecule has 0 radical (unpaired) electrons. The van der Waals surface area contributed by atoms with Crippen molar-refractivity contribution in [2.75, 3.05) is 14.1 Å². The number of hydrogen-bond donors (Lipinski definition) is 0. The number of carbonyl (C=O) groups is 1. The average Bonchev–Trinajstić information content (AvgIpc) is 2.57. The molecule has 0 saturated heterocycles. The number of hydrogen-bond acceptors (Lipinski definition) is 5. The summed E-state index contributed by atoms with van der Waals surface area (Å²) < 4.78 is 25.3. The summed E-state index contributed by atoms with van der Waals surface area (Å²) in [5.41, 5.74) is 3.94. The molecule has 7 heteroatoms. The van der Waals surface area contributed by atoms with Crippen molar-refractivity contribution < 1.29 is 13.2 Å². The number of carbonyl (C=O) groups excluding carboxylic acids is 1. The van der Waals surface area contributed by atoms with Gasteiger partial charge in [0.25, 0.3) is 0 Å². The van der Waals surface area contributed by atoms with E-state index in [1.54, 1.807) is 6.07 Å². The zero-order chi connectivity index (χ0) is 19.6. The lowest BCUT2D eigenvalue weighted by atomic mass is 9.97. The number of aromatic nitrogens is 1. The Hall–Kier alpha value is -1.70. The minimum absolute atomic E-state index is 0.0439. The van der Waals surface area contributed by atoms with E-state index in [0.29, 0.717) is 5.03 Å². The van der Waals surface area contributed by atoms with Gasteiger partial charge >= 0.3 is 0 Å². The number of nitrogens with zero attached hydrogens (tertiary/aromatic N) is 2. The lowest BCUT2D eigenvalue weighted by molar-refractivity contribution is 0.0993.